The number of nitrogens with zero attached hydrogens (tertiary/aromatic N) is 2. The standard InChI is InChI=1S/C20H15F3N2O2S/c1-26-14-6-4-13(5-7-14)8-10-28-19-15(12-24)16(20(21,22)23)11-17(25-19)18-3-2-9-27-18/h2-7,9,11H,8,10H2,1H3. The fourth-order valence-electron chi connectivity index (χ4n) is 2.57. The molecule has 0 atom stereocenters. The zero-order valence-corrected chi connectivity index (χ0v) is 15.6. The van der Waals surface area contributed by atoms with Gasteiger partial charge in [-0.1, -0.05) is 12.1 Å². The Labute approximate surface area is 164 Å². The minimum atomic E-state index is -4.67. The number of aromatic nitrogens is 1. The van der Waals surface area contributed by atoms with Crippen LogP contribution in [0.3, 0.4) is 0 Å². The highest BCUT2D eigenvalue weighted by Gasteiger charge is 2.36. The third-order valence-electron chi connectivity index (χ3n) is 3.97. The molecule has 4 nitrogen and oxygen atoms in total. The summed E-state index contributed by atoms with van der Waals surface area (Å²) in [5, 5.41) is 9.36. The maximum absolute atomic E-state index is 13.5. The summed E-state index contributed by atoms with van der Waals surface area (Å²) in [6.45, 7) is 0. The van der Waals surface area contributed by atoms with Crippen molar-refractivity contribution in [2.24, 2.45) is 0 Å². The number of aryl methyl sites for hydroxylation is 1. The van der Waals surface area contributed by atoms with Crippen molar-refractivity contribution >= 4 is 11.8 Å². The second kappa shape index (κ2) is 8.40. The fourth-order valence-corrected chi connectivity index (χ4v) is 3.56. The average Bonchev–Trinajstić information content (AvgIpc) is 3.22. The van der Waals surface area contributed by atoms with Crippen molar-refractivity contribution in [2.45, 2.75) is 17.6 Å². The SMILES string of the molecule is COc1ccc(CCSc2nc(-c3ccco3)cc(C(F)(F)F)c2C#N)cc1. The zero-order chi connectivity index (χ0) is 20.1. The molecule has 144 valence electrons. The van der Waals surface area contributed by atoms with Crippen molar-refractivity contribution in [1.29, 1.82) is 5.26 Å². The number of rotatable bonds is 6. The van der Waals surface area contributed by atoms with E-state index in [1.165, 1.54) is 12.3 Å². The molecule has 2 heterocycles. The summed E-state index contributed by atoms with van der Waals surface area (Å²) in [5.74, 6) is 1.41. The van der Waals surface area contributed by atoms with Gasteiger partial charge in [-0.3, -0.25) is 0 Å². The average molecular weight is 404 g/mol. The molecule has 3 aromatic rings. The first-order chi connectivity index (χ1) is 13.4. The van der Waals surface area contributed by atoms with Crippen LogP contribution in [-0.4, -0.2) is 17.8 Å². The summed E-state index contributed by atoms with van der Waals surface area (Å²) in [4.78, 5) is 4.25. The van der Waals surface area contributed by atoms with Crippen LogP contribution in [0.1, 0.15) is 16.7 Å². The van der Waals surface area contributed by atoms with Gasteiger partial charge in [0.05, 0.1) is 24.5 Å². The van der Waals surface area contributed by atoms with E-state index in [0.29, 0.717) is 12.2 Å². The molecule has 0 aliphatic carbocycles. The predicted molar refractivity (Wildman–Crippen MR) is 99.1 cm³/mol. The highest BCUT2D eigenvalue weighted by molar-refractivity contribution is 7.99. The number of benzene rings is 1. The summed E-state index contributed by atoms with van der Waals surface area (Å²) in [7, 11) is 1.57. The summed E-state index contributed by atoms with van der Waals surface area (Å²) in [6, 6.07) is 13.0. The molecule has 0 N–H and O–H groups in total. The highest BCUT2D eigenvalue weighted by Crippen LogP contribution is 2.38. The van der Waals surface area contributed by atoms with E-state index in [0.717, 1.165) is 29.1 Å². The molecule has 28 heavy (non-hydrogen) atoms. The molecule has 2 aromatic heterocycles. The van der Waals surface area contributed by atoms with E-state index in [4.69, 9.17) is 9.15 Å². The number of ether oxygens (including phenoxy) is 1. The fraction of sp³-hybridized carbons (Fsp3) is 0.200. The smallest absolute Gasteiger partial charge is 0.417 e. The third-order valence-corrected chi connectivity index (χ3v) is 4.94. The molecule has 0 saturated heterocycles. The van der Waals surface area contributed by atoms with Gasteiger partial charge in [-0.15, -0.1) is 11.8 Å². The topological polar surface area (TPSA) is 59.1 Å². The second-order valence-electron chi connectivity index (χ2n) is 5.77. The molecule has 8 heteroatoms. The van der Waals surface area contributed by atoms with Crippen LogP contribution in [0.15, 0.2) is 58.2 Å². The van der Waals surface area contributed by atoms with Crippen LogP contribution in [0.25, 0.3) is 11.5 Å². The van der Waals surface area contributed by atoms with Gasteiger partial charge >= 0.3 is 6.18 Å². The molecular formula is C20H15F3N2O2S. The van der Waals surface area contributed by atoms with Crippen LogP contribution in [0.2, 0.25) is 0 Å². The lowest BCUT2D eigenvalue weighted by Gasteiger charge is -2.13. The van der Waals surface area contributed by atoms with Gasteiger partial charge < -0.3 is 9.15 Å². The van der Waals surface area contributed by atoms with E-state index in [9.17, 15) is 18.4 Å². The normalized spacial score (nSPS) is 11.2. The molecule has 0 unspecified atom stereocenters. The maximum atomic E-state index is 13.5. The van der Waals surface area contributed by atoms with Crippen LogP contribution in [0, 0.1) is 11.3 Å². The minimum absolute atomic E-state index is 0.0391. The second-order valence-corrected chi connectivity index (χ2v) is 6.85. The Hall–Kier alpha value is -2.92. The molecule has 1 aromatic carbocycles. The summed E-state index contributed by atoms with van der Waals surface area (Å²) in [5.41, 5.74) is -0.431. The molecule has 0 amide bonds. The summed E-state index contributed by atoms with van der Waals surface area (Å²) < 4.78 is 50.7. The number of halogens is 3. The van der Waals surface area contributed by atoms with Gasteiger partial charge in [-0.2, -0.15) is 18.4 Å². The monoisotopic (exact) mass is 404 g/mol. The molecule has 0 saturated carbocycles. The van der Waals surface area contributed by atoms with Crippen molar-refractivity contribution in [3.8, 4) is 23.3 Å². The lowest BCUT2D eigenvalue weighted by Crippen LogP contribution is -2.10. The van der Waals surface area contributed by atoms with Gasteiger partial charge in [-0.25, -0.2) is 4.98 Å². The number of thioether (sulfide) groups is 1. The molecule has 0 fully saturated rings. The van der Waals surface area contributed by atoms with Crippen molar-refractivity contribution in [3.63, 3.8) is 0 Å². The van der Waals surface area contributed by atoms with E-state index in [2.05, 4.69) is 4.98 Å². The number of methoxy groups -OCH3 is 1. The predicted octanol–water partition coefficient (Wildman–Crippen LogP) is 5.58. The Morgan fingerprint density at radius 1 is 1.21 bits per heavy atom. The van der Waals surface area contributed by atoms with Crippen LogP contribution < -0.4 is 4.74 Å². The number of hydrogen-bond donors (Lipinski definition) is 0. The quantitative estimate of drug-likeness (QED) is 0.502. The van der Waals surface area contributed by atoms with Crippen molar-refractivity contribution in [2.75, 3.05) is 12.9 Å². The van der Waals surface area contributed by atoms with Gasteiger partial charge in [0.25, 0.3) is 0 Å². The van der Waals surface area contributed by atoms with E-state index >= 15 is 0 Å². The van der Waals surface area contributed by atoms with Gasteiger partial charge in [0.2, 0.25) is 0 Å². The Kier molecular flexibility index (Phi) is 5.95. The lowest BCUT2D eigenvalue weighted by molar-refractivity contribution is -0.138. The van der Waals surface area contributed by atoms with E-state index < -0.39 is 17.3 Å². The van der Waals surface area contributed by atoms with Gasteiger partial charge in [-0.05, 0) is 42.3 Å². The van der Waals surface area contributed by atoms with Crippen molar-refractivity contribution in [1.82, 2.24) is 4.98 Å². The molecule has 0 aliphatic rings. The maximum Gasteiger partial charge on any atom is 0.417 e. The molecule has 0 aliphatic heterocycles. The molecule has 0 bridgehead atoms. The molecule has 3 rings (SSSR count). The Bertz CT molecular complexity index is 978. The minimum Gasteiger partial charge on any atom is -0.497 e. The Morgan fingerprint density at radius 3 is 2.54 bits per heavy atom. The Morgan fingerprint density at radius 2 is 1.96 bits per heavy atom. The van der Waals surface area contributed by atoms with E-state index in [1.807, 2.05) is 24.3 Å². The lowest BCUT2D eigenvalue weighted by atomic mass is 10.1. The zero-order valence-electron chi connectivity index (χ0n) is 14.8. The van der Waals surface area contributed by atoms with Crippen molar-refractivity contribution in [3.05, 3.63) is 65.4 Å². The first-order valence-corrected chi connectivity index (χ1v) is 9.23. The third kappa shape index (κ3) is 4.49. The van der Waals surface area contributed by atoms with E-state index in [-0.39, 0.29) is 16.5 Å². The number of hydrogen-bond acceptors (Lipinski definition) is 5. The molecule has 0 radical (unpaired) electrons. The van der Waals surface area contributed by atoms with Crippen LogP contribution in [-0.2, 0) is 12.6 Å². The van der Waals surface area contributed by atoms with Crippen molar-refractivity contribution < 1.29 is 22.3 Å². The highest BCUT2D eigenvalue weighted by atomic mass is 32.2. The number of pyridine rings is 1. The van der Waals surface area contributed by atoms with Gasteiger partial charge in [0.1, 0.15) is 22.5 Å². The van der Waals surface area contributed by atoms with Crippen LogP contribution >= 0.6 is 11.8 Å². The van der Waals surface area contributed by atoms with Gasteiger partial charge in [0.15, 0.2) is 5.76 Å². The summed E-state index contributed by atoms with van der Waals surface area (Å²) in [6.07, 6.45) is -2.70. The van der Waals surface area contributed by atoms with Crippen LogP contribution in [0.5, 0.6) is 5.75 Å². The molecule has 0 spiro atoms. The first kappa shape index (κ1) is 19.8. The largest absolute Gasteiger partial charge is 0.497 e. The first-order valence-electron chi connectivity index (χ1n) is 8.24. The molecular weight excluding hydrogens is 389 g/mol. The number of nitriles is 1. The summed E-state index contributed by atoms with van der Waals surface area (Å²) >= 11 is 1.11. The Balaban J connectivity index is 1.87. The van der Waals surface area contributed by atoms with E-state index in [1.54, 1.807) is 19.2 Å². The number of alkyl halides is 3. The van der Waals surface area contributed by atoms with Crippen LogP contribution in [0.4, 0.5) is 13.2 Å². The number of furan rings is 1. The van der Waals surface area contributed by atoms with Gasteiger partial charge in [0, 0.05) is 5.75 Å².